The number of carbonyl (C=O) groups is 1. The zero-order valence-electron chi connectivity index (χ0n) is 18.3. The zero-order valence-corrected chi connectivity index (χ0v) is 19.1. The summed E-state index contributed by atoms with van der Waals surface area (Å²) in [6, 6.07) is 17.6. The van der Waals surface area contributed by atoms with Crippen LogP contribution >= 0.6 is 11.8 Å². The van der Waals surface area contributed by atoms with Crippen LogP contribution in [0, 0.1) is 0 Å². The van der Waals surface area contributed by atoms with E-state index < -0.39 is 0 Å². The van der Waals surface area contributed by atoms with E-state index in [2.05, 4.69) is 22.3 Å². The molecule has 0 bridgehead atoms. The van der Waals surface area contributed by atoms with Crippen LogP contribution in [0.25, 0.3) is 0 Å². The molecule has 1 aliphatic heterocycles. The van der Waals surface area contributed by atoms with Crippen molar-refractivity contribution in [2.24, 2.45) is 0 Å². The molecule has 0 radical (unpaired) electrons. The lowest BCUT2D eigenvalue weighted by Crippen LogP contribution is -2.36. The van der Waals surface area contributed by atoms with E-state index in [1.807, 2.05) is 51.9 Å². The number of piperidine rings is 1. The van der Waals surface area contributed by atoms with Crippen LogP contribution in [-0.4, -0.2) is 51.5 Å². The van der Waals surface area contributed by atoms with Crippen LogP contribution in [0.1, 0.15) is 30.7 Å². The van der Waals surface area contributed by atoms with Crippen molar-refractivity contribution in [3.63, 3.8) is 0 Å². The highest BCUT2D eigenvalue weighted by Crippen LogP contribution is 2.23. The Hall–Kier alpha value is -3.00. The maximum absolute atomic E-state index is 12.6. The molecule has 0 saturated carbocycles. The molecule has 1 fully saturated rings. The van der Waals surface area contributed by atoms with Gasteiger partial charge in [0.05, 0.1) is 19.4 Å². The van der Waals surface area contributed by atoms with E-state index in [1.165, 1.54) is 18.2 Å². The number of aromatic nitrogens is 3. The van der Waals surface area contributed by atoms with Crippen LogP contribution in [0.15, 0.2) is 59.8 Å². The summed E-state index contributed by atoms with van der Waals surface area (Å²) in [7, 11) is 1.63. The fraction of sp³-hybridized carbons (Fsp3) is 0.375. The number of nitrogens with zero attached hydrogens (tertiary/aromatic N) is 4. The molecule has 4 rings (SSSR count). The quantitative estimate of drug-likeness (QED) is 0.457. The first-order valence-corrected chi connectivity index (χ1v) is 11.8. The maximum Gasteiger partial charge on any atom is 0.233 e. The molecule has 0 atom stereocenters. The van der Waals surface area contributed by atoms with Crippen molar-refractivity contribution >= 4 is 17.7 Å². The SMILES string of the molecule is COc1cccc(OCc2nnc(SCC(=O)N3CCCCC3)n2Cc2ccccc2)c1. The Balaban J connectivity index is 1.47. The molecular formula is C24H28N4O3S. The lowest BCUT2D eigenvalue weighted by molar-refractivity contribution is -0.129. The lowest BCUT2D eigenvalue weighted by atomic mass is 10.1. The first-order valence-electron chi connectivity index (χ1n) is 10.9. The first kappa shape index (κ1) is 22.2. The molecule has 0 aliphatic carbocycles. The molecule has 8 heteroatoms. The van der Waals surface area contributed by atoms with E-state index in [0.717, 1.165) is 42.4 Å². The second-order valence-corrected chi connectivity index (χ2v) is 8.61. The predicted octanol–water partition coefficient (Wildman–Crippen LogP) is 4.02. The molecular weight excluding hydrogens is 424 g/mol. The van der Waals surface area contributed by atoms with E-state index >= 15 is 0 Å². The number of hydrogen-bond donors (Lipinski definition) is 0. The van der Waals surface area contributed by atoms with Crippen LogP contribution in [0.5, 0.6) is 11.5 Å². The Morgan fingerprint density at radius 1 is 1.00 bits per heavy atom. The normalized spacial score (nSPS) is 13.7. The summed E-state index contributed by atoms with van der Waals surface area (Å²) in [6.07, 6.45) is 3.39. The maximum atomic E-state index is 12.6. The second-order valence-electron chi connectivity index (χ2n) is 7.67. The minimum Gasteiger partial charge on any atom is -0.497 e. The highest BCUT2D eigenvalue weighted by Gasteiger charge is 2.19. The van der Waals surface area contributed by atoms with E-state index in [4.69, 9.17) is 9.47 Å². The van der Waals surface area contributed by atoms with Crippen molar-refractivity contribution in [1.29, 1.82) is 0 Å². The van der Waals surface area contributed by atoms with Gasteiger partial charge in [0.15, 0.2) is 11.0 Å². The van der Waals surface area contributed by atoms with E-state index in [-0.39, 0.29) is 12.5 Å². The minimum absolute atomic E-state index is 0.165. The summed E-state index contributed by atoms with van der Waals surface area (Å²) in [4.78, 5) is 14.6. The molecule has 1 aromatic heterocycles. The molecule has 1 aliphatic rings. The number of likely N-dealkylation sites (tertiary alicyclic amines) is 1. The van der Waals surface area contributed by atoms with Crippen molar-refractivity contribution in [2.45, 2.75) is 37.6 Å². The van der Waals surface area contributed by atoms with E-state index in [0.29, 0.717) is 23.9 Å². The lowest BCUT2D eigenvalue weighted by Gasteiger charge is -2.26. The Kier molecular flexibility index (Phi) is 7.66. The molecule has 32 heavy (non-hydrogen) atoms. The van der Waals surface area contributed by atoms with Crippen LogP contribution < -0.4 is 9.47 Å². The van der Waals surface area contributed by atoms with Gasteiger partial charge in [0, 0.05) is 19.2 Å². The summed E-state index contributed by atoms with van der Waals surface area (Å²) in [6.45, 7) is 2.60. The smallest absolute Gasteiger partial charge is 0.233 e. The molecule has 0 N–H and O–H groups in total. The molecule has 2 heterocycles. The Bertz CT molecular complexity index is 1020. The summed E-state index contributed by atoms with van der Waals surface area (Å²) < 4.78 is 13.3. The fourth-order valence-electron chi connectivity index (χ4n) is 3.66. The predicted molar refractivity (Wildman–Crippen MR) is 124 cm³/mol. The van der Waals surface area contributed by atoms with Crippen LogP contribution in [0.4, 0.5) is 0 Å². The van der Waals surface area contributed by atoms with Crippen molar-refractivity contribution in [1.82, 2.24) is 19.7 Å². The van der Waals surface area contributed by atoms with Crippen molar-refractivity contribution < 1.29 is 14.3 Å². The van der Waals surface area contributed by atoms with Crippen molar-refractivity contribution in [2.75, 3.05) is 26.0 Å². The van der Waals surface area contributed by atoms with Gasteiger partial charge >= 0.3 is 0 Å². The van der Waals surface area contributed by atoms with Crippen LogP contribution in [0.3, 0.4) is 0 Å². The molecule has 1 amide bonds. The topological polar surface area (TPSA) is 69.5 Å². The highest BCUT2D eigenvalue weighted by atomic mass is 32.2. The molecule has 3 aromatic rings. The average Bonchev–Trinajstić information content (AvgIpc) is 3.23. The van der Waals surface area contributed by atoms with Crippen molar-refractivity contribution in [3.8, 4) is 11.5 Å². The monoisotopic (exact) mass is 452 g/mol. The molecule has 7 nitrogen and oxygen atoms in total. The van der Waals surface area contributed by atoms with Gasteiger partial charge in [-0.15, -0.1) is 10.2 Å². The van der Waals surface area contributed by atoms with E-state index in [9.17, 15) is 4.79 Å². The number of benzene rings is 2. The number of carbonyl (C=O) groups excluding carboxylic acids is 1. The summed E-state index contributed by atoms with van der Waals surface area (Å²) in [5.41, 5.74) is 1.14. The van der Waals surface area contributed by atoms with Gasteiger partial charge in [-0.3, -0.25) is 9.36 Å². The molecule has 168 valence electrons. The fourth-order valence-corrected chi connectivity index (χ4v) is 4.52. The van der Waals surface area contributed by atoms with Crippen LogP contribution in [0.2, 0.25) is 0 Å². The Morgan fingerprint density at radius 2 is 1.78 bits per heavy atom. The Labute approximate surface area is 192 Å². The second kappa shape index (κ2) is 11.0. The summed E-state index contributed by atoms with van der Waals surface area (Å²) in [5, 5.41) is 9.47. The van der Waals surface area contributed by atoms with Gasteiger partial charge < -0.3 is 14.4 Å². The largest absolute Gasteiger partial charge is 0.497 e. The van der Waals surface area contributed by atoms with Gasteiger partial charge in [0.1, 0.15) is 18.1 Å². The number of methoxy groups -OCH3 is 1. The number of hydrogen-bond acceptors (Lipinski definition) is 6. The Morgan fingerprint density at radius 3 is 2.56 bits per heavy atom. The zero-order chi connectivity index (χ0) is 22.2. The molecule has 2 aromatic carbocycles. The number of thioether (sulfide) groups is 1. The highest BCUT2D eigenvalue weighted by molar-refractivity contribution is 7.99. The number of ether oxygens (including phenoxy) is 2. The van der Waals surface area contributed by atoms with Gasteiger partial charge in [0.2, 0.25) is 5.91 Å². The summed E-state index contributed by atoms with van der Waals surface area (Å²) >= 11 is 1.44. The van der Waals surface area contributed by atoms with Gasteiger partial charge in [-0.1, -0.05) is 48.2 Å². The average molecular weight is 453 g/mol. The molecule has 0 spiro atoms. The summed E-state index contributed by atoms with van der Waals surface area (Å²) in [5.74, 6) is 2.68. The number of amides is 1. The number of rotatable bonds is 9. The standard InChI is InChI=1S/C24H28N4O3S/c1-30-20-11-8-12-21(15-20)31-17-22-25-26-24(28(22)16-19-9-4-2-5-10-19)32-18-23(29)27-13-6-3-7-14-27/h2,4-5,8-12,15H,3,6-7,13-14,16-18H2,1H3. The third-order valence-electron chi connectivity index (χ3n) is 5.42. The molecule has 1 saturated heterocycles. The van der Waals surface area contributed by atoms with Gasteiger partial charge in [-0.25, -0.2) is 0 Å². The van der Waals surface area contributed by atoms with Crippen LogP contribution in [-0.2, 0) is 17.9 Å². The third kappa shape index (κ3) is 5.82. The van der Waals surface area contributed by atoms with E-state index in [1.54, 1.807) is 7.11 Å². The third-order valence-corrected chi connectivity index (χ3v) is 6.37. The van der Waals surface area contributed by atoms with Gasteiger partial charge in [-0.05, 0) is 37.0 Å². The first-order chi connectivity index (χ1) is 15.7. The van der Waals surface area contributed by atoms with Gasteiger partial charge in [-0.2, -0.15) is 0 Å². The minimum atomic E-state index is 0.165. The van der Waals surface area contributed by atoms with Gasteiger partial charge in [0.25, 0.3) is 0 Å². The van der Waals surface area contributed by atoms with Crippen molar-refractivity contribution in [3.05, 3.63) is 66.0 Å². The molecule has 0 unspecified atom stereocenters.